The van der Waals surface area contributed by atoms with Crippen molar-refractivity contribution in [2.75, 3.05) is 32.7 Å². The minimum absolute atomic E-state index is 0.135. The largest absolute Gasteiger partial charge is 0.481 e. The first-order chi connectivity index (χ1) is 8.66. The molecule has 1 saturated heterocycles. The lowest BCUT2D eigenvalue weighted by atomic mass is 10.2. The number of piperazine rings is 1. The number of carbonyl (C=O) groups is 2. The molecule has 1 aromatic heterocycles. The summed E-state index contributed by atoms with van der Waals surface area (Å²) in [4.78, 5) is 26.1. The number of aliphatic carboxylic acids is 1. The van der Waals surface area contributed by atoms with Gasteiger partial charge in [0.2, 0.25) is 5.76 Å². The molecule has 0 unspecified atom stereocenters. The Kier molecular flexibility index (Phi) is 3.93. The van der Waals surface area contributed by atoms with Crippen LogP contribution in [0.15, 0.2) is 16.8 Å². The first-order valence-corrected chi connectivity index (χ1v) is 5.81. The van der Waals surface area contributed by atoms with Crippen LogP contribution in [0.1, 0.15) is 17.0 Å². The Balaban J connectivity index is 1.80. The van der Waals surface area contributed by atoms with Gasteiger partial charge < -0.3 is 14.5 Å². The van der Waals surface area contributed by atoms with Crippen LogP contribution in [0.25, 0.3) is 0 Å². The lowest BCUT2D eigenvalue weighted by molar-refractivity contribution is -0.137. The molecule has 0 aromatic carbocycles. The normalized spacial score (nSPS) is 16.8. The number of amides is 1. The van der Waals surface area contributed by atoms with E-state index in [0.717, 1.165) is 0 Å². The van der Waals surface area contributed by atoms with Gasteiger partial charge in [0, 0.05) is 38.8 Å². The van der Waals surface area contributed by atoms with Crippen molar-refractivity contribution >= 4 is 11.9 Å². The molecular formula is C11H15N3O4. The van der Waals surface area contributed by atoms with E-state index in [0.29, 0.717) is 32.7 Å². The third kappa shape index (κ3) is 3.07. The number of hydrogen-bond acceptors (Lipinski definition) is 5. The summed E-state index contributed by atoms with van der Waals surface area (Å²) >= 11 is 0. The Hall–Kier alpha value is -1.89. The molecule has 7 nitrogen and oxygen atoms in total. The van der Waals surface area contributed by atoms with Crippen molar-refractivity contribution in [2.24, 2.45) is 0 Å². The van der Waals surface area contributed by atoms with Crippen LogP contribution >= 0.6 is 0 Å². The van der Waals surface area contributed by atoms with Gasteiger partial charge in [0.25, 0.3) is 5.91 Å². The highest BCUT2D eigenvalue weighted by Crippen LogP contribution is 2.08. The summed E-state index contributed by atoms with van der Waals surface area (Å²) in [5.74, 6) is -0.713. The molecule has 0 aliphatic carbocycles. The highest BCUT2D eigenvalue weighted by molar-refractivity contribution is 5.91. The molecule has 18 heavy (non-hydrogen) atoms. The molecule has 0 atom stereocenters. The quantitative estimate of drug-likeness (QED) is 0.806. The number of carboxylic acids is 1. The Morgan fingerprint density at radius 1 is 1.33 bits per heavy atom. The SMILES string of the molecule is O=C(O)CCN1CCN(C(=O)c2ccno2)CC1. The fourth-order valence-corrected chi connectivity index (χ4v) is 1.91. The van der Waals surface area contributed by atoms with E-state index in [9.17, 15) is 9.59 Å². The molecule has 98 valence electrons. The fourth-order valence-electron chi connectivity index (χ4n) is 1.91. The summed E-state index contributed by atoms with van der Waals surface area (Å²) in [7, 11) is 0. The monoisotopic (exact) mass is 253 g/mol. The smallest absolute Gasteiger partial charge is 0.304 e. The second kappa shape index (κ2) is 5.63. The number of carboxylic acid groups (broad SMARTS) is 1. The molecule has 2 heterocycles. The second-order valence-corrected chi connectivity index (χ2v) is 4.15. The van der Waals surface area contributed by atoms with Crippen LogP contribution in [0.3, 0.4) is 0 Å². The third-order valence-electron chi connectivity index (χ3n) is 2.95. The van der Waals surface area contributed by atoms with Crippen molar-refractivity contribution in [1.29, 1.82) is 0 Å². The minimum atomic E-state index is -0.796. The number of nitrogens with zero attached hydrogens (tertiary/aromatic N) is 3. The maximum Gasteiger partial charge on any atom is 0.304 e. The van der Waals surface area contributed by atoms with E-state index in [1.165, 1.54) is 6.20 Å². The summed E-state index contributed by atoms with van der Waals surface area (Å²) in [6.07, 6.45) is 1.58. The maximum absolute atomic E-state index is 11.9. The first kappa shape index (κ1) is 12.6. The predicted octanol–water partition coefficient (Wildman–Crippen LogP) is -0.0929. The van der Waals surface area contributed by atoms with Gasteiger partial charge in [-0.15, -0.1) is 0 Å². The van der Waals surface area contributed by atoms with Crippen LogP contribution in [0.2, 0.25) is 0 Å². The van der Waals surface area contributed by atoms with Gasteiger partial charge in [0.15, 0.2) is 0 Å². The van der Waals surface area contributed by atoms with E-state index < -0.39 is 5.97 Å². The second-order valence-electron chi connectivity index (χ2n) is 4.15. The van der Waals surface area contributed by atoms with Gasteiger partial charge in [0.1, 0.15) is 0 Å². The highest BCUT2D eigenvalue weighted by atomic mass is 16.5. The molecule has 1 N–H and O–H groups in total. The number of carbonyl (C=O) groups excluding carboxylic acids is 1. The standard InChI is InChI=1S/C11H15N3O4/c15-10(16)2-4-13-5-7-14(8-6-13)11(17)9-1-3-12-18-9/h1,3H,2,4-8H2,(H,15,16). The number of hydrogen-bond donors (Lipinski definition) is 1. The molecule has 0 spiro atoms. The van der Waals surface area contributed by atoms with Gasteiger partial charge in [-0.25, -0.2) is 0 Å². The van der Waals surface area contributed by atoms with Gasteiger partial charge in [-0.1, -0.05) is 5.16 Å². The van der Waals surface area contributed by atoms with Crippen molar-refractivity contribution in [3.63, 3.8) is 0 Å². The average molecular weight is 253 g/mol. The number of aromatic nitrogens is 1. The van der Waals surface area contributed by atoms with Crippen LogP contribution in [0.5, 0.6) is 0 Å². The molecule has 0 radical (unpaired) electrons. The maximum atomic E-state index is 11.9. The zero-order valence-corrected chi connectivity index (χ0v) is 9.91. The van der Waals surface area contributed by atoms with Crippen LogP contribution < -0.4 is 0 Å². The zero-order chi connectivity index (χ0) is 13.0. The number of rotatable bonds is 4. The Morgan fingerprint density at radius 2 is 2.06 bits per heavy atom. The van der Waals surface area contributed by atoms with Crippen LogP contribution in [0, 0.1) is 0 Å². The molecule has 1 aliphatic rings. The molecule has 1 aromatic rings. The summed E-state index contributed by atoms with van der Waals surface area (Å²) in [6, 6.07) is 1.54. The van der Waals surface area contributed by atoms with Gasteiger partial charge in [-0.3, -0.25) is 14.5 Å². The third-order valence-corrected chi connectivity index (χ3v) is 2.95. The minimum Gasteiger partial charge on any atom is -0.481 e. The van der Waals surface area contributed by atoms with E-state index >= 15 is 0 Å². The Labute approximate surface area is 104 Å². The van der Waals surface area contributed by atoms with Crippen LogP contribution in [-0.4, -0.2) is 64.7 Å². The molecule has 2 rings (SSSR count). The van der Waals surface area contributed by atoms with E-state index in [1.807, 2.05) is 4.90 Å². The lowest BCUT2D eigenvalue weighted by Crippen LogP contribution is -2.49. The predicted molar refractivity (Wildman–Crippen MR) is 61.1 cm³/mol. The summed E-state index contributed by atoms with van der Waals surface area (Å²) in [5.41, 5.74) is 0. The topological polar surface area (TPSA) is 86.9 Å². The summed E-state index contributed by atoms with van der Waals surface area (Å²) in [5, 5.41) is 12.1. The molecular weight excluding hydrogens is 238 g/mol. The molecule has 1 amide bonds. The van der Waals surface area contributed by atoms with E-state index in [2.05, 4.69) is 5.16 Å². The van der Waals surface area contributed by atoms with Gasteiger partial charge in [0.05, 0.1) is 12.6 Å². The van der Waals surface area contributed by atoms with E-state index in [4.69, 9.17) is 9.63 Å². The zero-order valence-electron chi connectivity index (χ0n) is 9.91. The van der Waals surface area contributed by atoms with Crippen molar-refractivity contribution in [3.8, 4) is 0 Å². The van der Waals surface area contributed by atoms with Gasteiger partial charge in [-0.05, 0) is 0 Å². The molecule has 7 heteroatoms. The summed E-state index contributed by atoms with van der Waals surface area (Å²) < 4.78 is 4.82. The van der Waals surface area contributed by atoms with Crippen molar-refractivity contribution in [1.82, 2.24) is 15.0 Å². The fraction of sp³-hybridized carbons (Fsp3) is 0.545. The highest BCUT2D eigenvalue weighted by Gasteiger charge is 2.24. The van der Waals surface area contributed by atoms with Crippen molar-refractivity contribution in [3.05, 3.63) is 18.0 Å². The van der Waals surface area contributed by atoms with E-state index in [-0.39, 0.29) is 18.1 Å². The molecule has 0 saturated carbocycles. The summed E-state index contributed by atoms with van der Waals surface area (Å²) in [6.45, 7) is 3.07. The molecule has 1 aliphatic heterocycles. The molecule has 0 bridgehead atoms. The average Bonchev–Trinajstić information content (AvgIpc) is 2.90. The van der Waals surface area contributed by atoms with E-state index in [1.54, 1.807) is 11.0 Å². The Bertz CT molecular complexity index is 410. The van der Waals surface area contributed by atoms with Gasteiger partial charge in [-0.2, -0.15) is 0 Å². The lowest BCUT2D eigenvalue weighted by Gasteiger charge is -2.33. The first-order valence-electron chi connectivity index (χ1n) is 5.81. The Morgan fingerprint density at radius 3 is 2.61 bits per heavy atom. The van der Waals surface area contributed by atoms with Gasteiger partial charge >= 0.3 is 5.97 Å². The van der Waals surface area contributed by atoms with Crippen LogP contribution in [0.4, 0.5) is 0 Å². The van der Waals surface area contributed by atoms with Crippen molar-refractivity contribution < 1.29 is 19.2 Å². The molecule has 1 fully saturated rings. The van der Waals surface area contributed by atoms with Crippen LogP contribution in [-0.2, 0) is 4.79 Å². The van der Waals surface area contributed by atoms with Crippen molar-refractivity contribution in [2.45, 2.75) is 6.42 Å².